The molecule has 1 aliphatic carbocycles. The van der Waals surface area contributed by atoms with Crippen LogP contribution in [0.1, 0.15) is 25.7 Å². The Morgan fingerprint density at radius 1 is 1.19 bits per heavy atom. The molecule has 2 rings (SSSR count). The molecule has 0 saturated heterocycles. The van der Waals surface area contributed by atoms with Gasteiger partial charge >= 0.3 is 0 Å². The maximum Gasteiger partial charge on any atom is 0.242 e. The van der Waals surface area contributed by atoms with E-state index in [-0.39, 0.29) is 9.92 Å². The number of hydrogen-bond donors (Lipinski definition) is 1. The van der Waals surface area contributed by atoms with Gasteiger partial charge in [0.05, 0.1) is 5.02 Å². The van der Waals surface area contributed by atoms with E-state index in [2.05, 4.69) is 20.7 Å². The smallest absolute Gasteiger partial charge is 0.211 e. The third-order valence-electron chi connectivity index (χ3n) is 3.98. The summed E-state index contributed by atoms with van der Waals surface area (Å²) >= 11 is 15.4. The number of sulfonamides is 1. The van der Waals surface area contributed by atoms with Crippen molar-refractivity contribution in [1.29, 1.82) is 0 Å². The van der Waals surface area contributed by atoms with E-state index in [0.717, 1.165) is 24.6 Å². The summed E-state index contributed by atoms with van der Waals surface area (Å²) in [6.07, 6.45) is 4.59. The van der Waals surface area contributed by atoms with Crippen LogP contribution in [0.4, 0.5) is 0 Å². The second-order valence-electron chi connectivity index (χ2n) is 5.39. The summed E-state index contributed by atoms with van der Waals surface area (Å²) in [6.45, 7) is 0.446. The molecule has 1 aliphatic rings. The molecule has 1 N–H and O–H groups in total. The average molecular weight is 415 g/mol. The van der Waals surface area contributed by atoms with Crippen molar-refractivity contribution < 1.29 is 8.42 Å². The van der Waals surface area contributed by atoms with Crippen LogP contribution in [-0.2, 0) is 10.0 Å². The minimum Gasteiger partial charge on any atom is -0.211 e. The van der Waals surface area contributed by atoms with Gasteiger partial charge in [0.2, 0.25) is 10.0 Å². The lowest BCUT2D eigenvalue weighted by molar-refractivity contribution is 0.263. The molecule has 0 aliphatic heterocycles. The van der Waals surface area contributed by atoms with E-state index >= 15 is 0 Å². The van der Waals surface area contributed by atoms with E-state index in [1.165, 1.54) is 18.6 Å². The summed E-state index contributed by atoms with van der Waals surface area (Å²) in [5.74, 6) is 0.891. The molecular weight excluding hydrogens is 397 g/mol. The molecule has 2 atom stereocenters. The highest BCUT2D eigenvalue weighted by atomic mass is 79.9. The molecule has 0 radical (unpaired) electrons. The van der Waals surface area contributed by atoms with Gasteiger partial charge in [0, 0.05) is 16.9 Å². The summed E-state index contributed by atoms with van der Waals surface area (Å²) < 4.78 is 27.4. The van der Waals surface area contributed by atoms with Crippen molar-refractivity contribution in [2.75, 3.05) is 11.9 Å². The van der Waals surface area contributed by atoms with Gasteiger partial charge in [-0.1, -0.05) is 52.0 Å². The number of alkyl halides is 1. The largest absolute Gasteiger partial charge is 0.242 e. The van der Waals surface area contributed by atoms with Crippen molar-refractivity contribution in [2.45, 2.75) is 30.6 Å². The molecule has 0 amide bonds. The first kappa shape index (κ1) is 17.5. The Morgan fingerprint density at radius 3 is 2.52 bits per heavy atom. The zero-order valence-electron chi connectivity index (χ0n) is 11.5. The minimum absolute atomic E-state index is 0.0443. The van der Waals surface area contributed by atoms with Crippen molar-refractivity contribution >= 4 is 49.2 Å². The third-order valence-corrected chi connectivity index (χ3v) is 6.95. The summed E-state index contributed by atoms with van der Waals surface area (Å²) in [6, 6.07) is 4.46. The lowest BCUT2D eigenvalue weighted by Gasteiger charge is -2.30. The fraction of sp³-hybridized carbons (Fsp3) is 0.571. The number of hydrogen-bond acceptors (Lipinski definition) is 2. The first-order chi connectivity index (χ1) is 9.94. The molecule has 21 heavy (non-hydrogen) atoms. The summed E-state index contributed by atoms with van der Waals surface area (Å²) in [4.78, 5) is 0.0443. The molecule has 3 nitrogen and oxygen atoms in total. The number of nitrogens with one attached hydrogen (secondary N) is 1. The van der Waals surface area contributed by atoms with Crippen LogP contribution >= 0.6 is 39.1 Å². The molecule has 1 fully saturated rings. The van der Waals surface area contributed by atoms with Crippen molar-refractivity contribution in [3.8, 4) is 0 Å². The van der Waals surface area contributed by atoms with Crippen molar-refractivity contribution in [1.82, 2.24) is 4.72 Å². The highest BCUT2D eigenvalue weighted by Crippen LogP contribution is 2.31. The molecule has 0 aromatic heterocycles. The Balaban J connectivity index is 2.09. The van der Waals surface area contributed by atoms with Gasteiger partial charge in [0.1, 0.15) is 4.90 Å². The van der Waals surface area contributed by atoms with Crippen molar-refractivity contribution in [2.24, 2.45) is 11.8 Å². The molecule has 1 aromatic carbocycles. The van der Waals surface area contributed by atoms with Crippen LogP contribution in [0.15, 0.2) is 23.1 Å². The zero-order chi connectivity index (χ0) is 15.5. The maximum absolute atomic E-state index is 12.4. The molecule has 118 valence electrons. The molecule has 0 spiro atoms. The summed E-state index contributed by atoms with van der Waals surface area (Å²) in [7, 11) is -3.63. The van der Waals surface area contributed by atoms with E-state index in [1.54, 1.807) is 6.07 Å². The highest BCUT2D eigenvalue weighted by Gasteiger charge is 2.26. The van der Waals surface area contributed by atoms with Gasteiger partial charge in [0.15, 0.2) is 0 Å². The number of benzene rings is 1. The van der Waals surface area contributed by atoms with Crippen LogP contribution in [0.5, 0.6) is 0 Å². The molecule has 0 heterocycles. The van der Waals surface area contributed by atoms with E-state index in [4.69, 9.17) is 23.2 Å². The quantitative estimate of drug-likeness (QED) is 0.722. The van der Waals surface area contributed by atoms with Crippen LogP contribution in [0.3, 0.4) is 0 Å². The molecule has 7 heteroatoms. The average Bonchev–Trinajstić information content (AvgIpc) is 2.48. The molecule has 1 saturated carbocycles. The Labute approximate surface area is 144 Å². The van der Waals surface area contributed by atoms with E-state index in [9.17, 15) is 8.42 Å². The monoisotopic (exact) mass is 413 g/mol. The Kier molecular flexibility index (Phi) is 6.38. The molecule has 2 unspecified atom stereocenters. The van der Waals surface area contributed by atoms with E-state index < -0.39 is 10.0 Å². The second-order valence-corrected chi connectivity index (χ2v) is 8.61. The second kappa shape index (κ2) is 7.64. The first-order valence-corrected chi connectivity index (χ1v) is 10.3. The van der Waals surface area contributed by atoms with Crippen LogP contribution < -0.4 is 4.72 Å². The van der Waals surface area contributed by atoms with E-state index in [1.807, 2.05) is 0 Å². The predicted molar refractivity (Wildman–Crippen MR) is 90.9 cm³/mol. The Morgan fingerprint density at radius 2 is 1.86 bits per heavy atom. The SMILES string of the molecule is O=S(=O)(NCC1CCCCC1CBr)c1cc(Cl)ccc1Cl. The van der Waals surface area contributed by atoms with Crippen molar-refractivity contribution in [3.05, 3.63) is 28.2 Å². The van der Waals surface area contributed by atoms with Crippen LogP contribution in [0.25, 0.3) is 0 Å². The van der Waals surface area contributed by atoms with Crippen LogP contribution in [-0.4, -0.2) is 20.3 Å². The van der Waals surface area contributed by atoms with Gasteiger partial charge < -0.3 is 0 Å². The number of rotatable bonds is 5. The van der Waals surface area contributed by atoms with Crippen LogP contribution in [0.2, 0.25) is 10.0 Å². The lowest BCUT2D eigenvalue weighted by Crippen LogP contribution is -2.35. The lowest BCUT2D eigenvalue weighted by atomic mass is 9.80. The summed E-state index contributed by atoms with van der Waals surface area (Å²) in [5, 5.41) is 1.46. The highest BCUT2D eigenvalue weighted by molar-refractivity contribution is 9.09. The van der Waals surface area contributed by atoms with E-state index in [0.29, 0.717) is 23.4 Å². The minimum atomic E-state index is -3.63. The fourth-order valence-electron chi connectivity index (χ4n) is 2.73. The maximum atomic E-state index is 12.4. The first-order valence-electron chi connectivity index (χ1n) is 6.94. The standard InChI is InChI=1S/C14H18BrCl2NO2S/c15-8-10-3-1-2-4-11(10)9-18-21(19,20)14-7-12(16)5-6-13(14)17/h5-7,10-11,18H,1-4,8-9H2. The third kappa shape index (κ3) is 4.58. The zero-order valence-corrected chi connectivity index (χ0v) is 15.4. The van der Waals surface area contributed by atoms with Gasteiger partial charge in [-0.2, -0.15) is 0 Å². The Hall–Kier alpha value is 0.190. The number of halogens is 3. The summed E-state index contributed by atoms with van der Waals surface area (Å²) in [5.41, 5.74) is 0. The van der Waals surface area contributed by atoms with Gasteiger partial charge in [-0.3, -0.25) is 0 Å². The normalized spacial score (nSPS) is 23.2. The predicted octanol–water partition coefficient (Wildman–Crippen LogP) is 4.47. The van der Waals surface area contributed by atoms with Gasteiger partial charge in [-0.15, -0.1) is 0 Å². The molecular formula is C14H18BrCl2NO2S. The Bertz CT molecular complexity index is 595. The fourth-order valence-corrected chi connectivity index (χ4v) is 5.44. The van der Waals surface area contributed by atoms with Gasteiger partial charge in [-0.25, -0.2) is 13.1 Å². The van der Waals surface area contributed by atoms with Crippen molar-refractivity contribution in [3.63, 3.8) is 0 Å². The van der Waals surface area contributed by atoms with Gasteiger partial charge in [0.25, 0.3) is 0 Å². The van der Waals surface area contributed by atoms with Gasteiger partial charge in [-0.05, 0) is 42.9 Å². The van der Waals surface area contributed by atoms with Crippen LogP contribution in [0, 0.1) is 11.8 Å². The topological polar surface area (TPSA) is 46.2 Å². The molecule has 1 aromatic rings. The molecule has 0 bridgehead atoms.